The van der Waals surface area contributed by atoms with Crippen LogP contribution in [0.15, 0.2) is 30.3 Å². The highest BCUT2D eigenvalue weighted by Crippen LogP contribution is 2.12. The summed E-state index contributed by atoms with van der Waals surface area (Å²) >= 11 is 0. The Morgan fingerprint density at radius 1 is 1.33 bits per heavy atom. The molecule has 0 radical (unpaired) electrons. The lowest BCUT2D eigenvalue weighted by Gasteiger charge is -2.38. The molecule has 1 fully saturated rings. The van der Waals surface area contributed by atoms with Crippen molar-refractivity contribution in [1.29, 1.82) is 0 Å². The lowest BCUT2D eigenvalue weighted by molar-refractivity contribution is -0.0508. The molecule has 0 saturated carbocycles. The number of benzene rings is 1. The molecule has 1 aliphatic heterocycles. The van der Waals surface area contributed by atoms with Crippen LogP contribution in [0.1, 0.15) is 19.4 Å². The minimum absolute atomic E-state index is 0.195. The molecule has 2 rings (SSSR count). The summed E-state index contributed by atoms with van der Waals surface area (Å²) in [6, 6.07) is 11.1. The van der Waals surface area contributed by atoms with Crippen LogP contribution in [0, 0.1) is 0 Å². The minimum Gasteiger partial charge on any atom is -0.376 e. The van der Waals surface area contributed by atoms with Gasteiger partial charge >= 0.3 is 0 Å². The Morgan fingerprint density at radius 2 is 2.06 bits per heavy atom. The number of ether oxygens (including phenoxy) is 1. The van der Waals surface area contributed by atoms with Crippen molar-refractivity contribution < 1.29 is 4.74 Å². The van der Waals surface area contributed by atoms with Crippen LogP contribution in [0.3, 0.4) is 0 Å². The fourth-order valence-corrected chi connectivity index (χ4v) is 2.51. The van der Waals surface area contributed by atoms with Crippen LogP contribution in [0.2, 0.25) is 0 Å². The molecular weight excluding hydrogens is 224 g/mol. The van der Waals surface area contributed by atoms with E-state index in [9.17, 15) is 0 Å². The molecule has 0 amide bonds. The second-order valence-electron chi connectivity index (χ2n) is 5.40. The predicted octanol–water partition coefficient (Wildman–Crippen LogP) is 1.67. The summed E-state index contributed by atoms with van der Waals surface area (Å²) in [6.07, 6.45) is 1.27. The Bertz CT molecular complexity index is 355. The molecule has 3 nitrogen and oxygen atoms in total. The third-order valence-corrected chi connectivity index (χ3v) is 3.55. The van der Waals surface area contributed by atoms with Crippen molar-refractivity contribution in [2.45, 2.75) is 38.5 Å². The molecular formula is C15H24N2O. The van der Waals surface area contributed by atoms with Crippen LogP contribution >= 0.6 is 0 Å². The van der Waals surface area contributed by atoms with Gasteiger partial charge in [-0.25, -0.2) is 0 Å². The summed E-state index contributed by atoms with van der Waals surface area (Å²) in [5, 5.41) is 0. The number of rotatable bonds is 4. The first-order valence-electron chi connectivity index (χ1n) is 6.80. The zero-order valence-electron chi connectivity index (χ0n) is 11.4. The average molecular weight is 248 g/mol. The first kappa shape index (κ1) is 13.5. The van der Waals surface area contributed by atoms with Crippen molar-refractivity contribution in [2.24, 2.45) is 5.73 Å². The van der Waals surface area contributed by atoms with E-state index in [4.69, 9.17) is 10.5 Å². The lowest BCUT2D eigenvalue weighted by Crippen LogP contribution is -2.51. The summed E-state index contributed by atoms with van der Waals surface area (Å²) in [5.41, 5.74) is 7.58. The summed E-state index contributed by atoms with van der Waals surface area (Å²) in [5.74, 6) is 0. The molecule has 3 heteroatoms. The van der Waals surface area contributed by atoms with Gasteiger partial charge in [0.25, 0.3) is 0 Å². The van der Waals surface area contributed by atoms with Gasteiger partial charge in [-0.2, -0.15) is 0 Å². The molecule has 3 atom stereocenters. The first-order valence-corrected chi connectivity index (χ1v) is 6.80. The first-order chi connectivity index (χ1) is 8.65. The normalized spacial score (nSPS) is 27.1. The smallest absolute Gasteiger partial charge is 0.0674 e. The summed E-state index contributed by atoms with van der Waals surface area (Å²) in [4.78, 5) is 2.45. The third kappa shape index (κ3) is 3.80. The highest BCUT2D eigenvalue weighted by Gasteiger charge is 2.24. The van der Waals surface area contributed by atoms with Crippen molar-refractivity contribution in [3.05, 3.63) is 35.9 Å². The molecule has 1 heterocycles. The SMILES string of the molecule is CC1CN(C[C@H](N)Cc2ccccc2)C(C)CO1. The molecule has 0 aliphatic carbocycles. The van der Waals surface area contributed by atoms with E-state index < -0.39 is 0 Å². The molecule has 0 bridgehead atoms. The Balaban J connectivity index is 1.85. The molecule has 0 spiro atoms. The van der Waals surface area contributed by atoms with Crippen LogP contribution in [-0.2, 0) is 11.2 Å². The maximum Gasteiger partial charge on any atom is 0.0674 e. The Hall–Kier alpha value is -0.900. The van der Waals surface area contributed by atoms with Crippen LogP contribution in [0.25, 0.3) is 0 Å². The monoisotopic (exact) mass is 248 g/mol. The molecule has 1 aliphatic rings. The Kier molecular flexibility index (Phi) is 4.75. The molecule has 2 N–H and O–H groups in total. The molecule has 1 saturated heterocycles. The van der Waals surface area contributed by atoms with Gasteiger partial charge < -0.3 is 10.5 Å². The molecule has 1 aromatic rings. The third-order valence-electron chi connectivity index (χ3n) is 3.55. The zero-order chi connectivity index (χ0) is 13.0. The van der Waals surface area contributed by atoms with E-state index in [-0.39, 0.29) is 6.04 Å². The van der Waals surface area contributed by atoms with Crippen molar-refractivity contribution in [1.82, 2.24) is 4.90 Å². The summed E-state index contributed by atoms with van der Waals surface area (Å²) < 4.78 is 5.64. The molecule has 18 heavy (non-hydrogen) atoms. The van der Waals surface area contributed by atoms with E-state index >= 15 is 0 Å². The quantitative estimate of drug-likeness (QED) is 0.881. The van der Waals surface area contributed by atoms with Crippen LogP contribution in [-0.4, -0.2) is 42.8 Å². The number of morpholine rings is 1. The Morgan fingerprint density at radius 3 is 2.78 bits per heavy atom. The van der Waals surface area contributed by atoms with Gasteiger partial charge in [0.2, 0.25) is 0 Å². The summed E-state index contributed by atoms with van der Waals surface area (Å²) in [6.45, 7) is 7.09. The summed E-state index contributed by atoms with van der Waals surface area (Å²) in [7, 11) is 0. The van der Waals surface area contributed by atoms with Gasteiger partial charge in [-0.05, 0) is 25.8 Å². The highest BCUT2D eigenvalue weighted by atomic mass is 16.5. The predicted molar refractivity (Wildman–Crippen MR) is 74.6 cm³/mol. The van der Waals surface area contributed by atoms with Gasteiger partial charge in [0.15, 0.2) is 0 Å². The topological polar surface area (TPSA) is 38.5 Å². The Labute approximate surface area is 110 Å². The van der Waals surface area contributed by atoms with Crippen molar-refractivity contribution in [3.63, 3.8) is 0 Å². The number of nitrogens with zero attached hydrogens (tertiary/aromatic N) is 1. The van der Waals surface area contributed by atoms with Crippen molar-refractivity contribution in [2.75, 3.05) is 19.7 Å². The highest BCUT2D eigenvalue weighted by molar-refractivity contribution is 5.15. The zero-order valence-corrected chi connectivity index (χ0v) is 11.4. The fourth-order valence-electron chi connectivity index (χ4n) is 2.51. The second-order valence-corrected chi connectivity index (χ2v) is 5.40. The van der Waals surface area contributed by atoms with Crippen molar-refractivity contribution in [3.8, 4) is 0 Å². The van der Waals surface area contributed by atoms with Gasteiger partial charge in [-0.3, -0.25) is 4.90 Å². The van der Waals surface area contributed by atoms with Crippen LogP contribution in [0.4, 0.5) is 0 Å². The van der Waals surface area contributed by atoms with E-state index in [2.05, 4.69) is 43.0 Å². The van der Waals surface area contributed by atoms with Gasteiger partial charge in [-0.1, -0.05) is 30.3 Å². The van der Waals surface area contributed by atoms with Gasteiger partial charge in [0.1, 0.15) is 0 Å². The van der Waals surface area contributed by atoms with E-state index in [0.717, 1.165) is 26.1 Å². The maximum atomic E-state index is 6.26. The second kappa shape index (κ2) is 6.32. The number of nitrogens with two attached hydrogens (primary N) is 1. The van der Waals surface area contributed by atoms with Gasteiger partial charge in [0.05, 0.1) is 12.7 Å². The van der Waals surface area contributed by atoms with Gasteiger partial charge in [0, 0.05) is 25.2 Å². The molecule has 0 aromatic heterocycles. The van der Waals surface area contributed by atoms with Crippen molar-refractivity contribution >= 4 is 0 Å². The largest absolute Gasteiger partial charge is 0.376 e. The average Bonchev–Trinajstić information content (AvgIpc) is 2.35. The van der Waals surface area contributed by atoms with Crippen LogP contribution in [0.5, 0.6) is 0 Å². The van der Waals surface area contributed by atoms with E-state index in [0.29, 0.717) is 12.1 Å². The lowest BCUT2D eigenvalue weighted by atomic mass is 10.1. The van der Waals surface area contributed by atoms with Gasteiger partial charge in [-0.15, -0.1) is 0 Å². The van der Waals surface area contributed by atoms with Crippen LogP contribution < -0.4 is 5.73 Å². The molecule has 2 unspecified atom stereocenters. The van der Waals surface area contributed by atoms with E-state index in [1.54, 1.807) is 0 Å². The molecule has 100 valence electrons. The minimum atomic E-state index is 0.195. The standard InChI is InChI=1S/C15H24N2O/c1-12-11-18-13(2)9-17(12)10-15(16)8-14-6-4-3-5-7-14/h3-7,12-13,15H,8-11,16H2,1-2H3/t12?,13?,15-/m1/s1. The van der Waals surface area contributed by atoms with E-state index in [1.807, 2.05) is 6.07 Å². The fraction of sp³-hybridized carbons (Fsp3) is 0.600. The molecule has 1 aromatic carbocycles. The number of hydrogen-bond acceptors (Lipinski definition) is 3. The number of hydrogen-bond donors (Lipinski definition) is 1. The maximum absolute atomic E-state index is 6.26. The van der Waals surface area contributed by atoms with E-state index in [1.165, 1.54) is 5.56 Å².